The van der Waals surface area contributed by atoms with Gasteiger partial charge in [0.1, 0.15) is 5.75 Å². The van der Waals surface area contributed by atoms with Crippen LogP contribution in [0, 0.1) is 0 Å². The fraction of sp³-hybridized carbons (Fsp3) is 0.188. The van der Waals surface area contributed by atoms with E-state index in [-0.39, 0.29) is 5.97 Å². The molecule has 0 saturated heterocycles. The van der Waals surface area contributed by atoms with Crippen LogP contribution in [-0.4, -0.2) is 13.0 Å². The number of carbonyl (C=O) groups is 1. The average Bonchev–Trinajstić information content (AvgIpc) is 2.48. The highest BCUT2D eigenvalue weighted by Crippen LogP contribution is 2.28. The van der Waals surface area contributed by atoms with Gasteiger partial charge in [-0.2, -0.15) is 0 Å². The van der Waals surface area contributed by atoms with Crippen molar-refractivity contribution in [2.24, 2.45) is 0 Å². The lowest BCUT2D eigenvalue weighted by atomic mass is 10.0. The monoisotopic (exact) mass is 255 g/mol. The van der Waals surface area contributed by atoms with Crippen LogP contribution in [0.3, 0.4) is 0 Å². The van der Waals surface area contributed by atoms with Crippen LogP contribution in [0.25, 0.3) is 11.1 Å². The Morgan fingerprint density at radius 1 is 1.11 bits per heavy atom. The van der Waals surface area contributed by atoms with E-state index in [0.29, 0.717) is 12.2 Å². The molecule has 19 heavy (non-hydrogen) atoms. The standard InChI is InChI=1S/C16H17NO2/c1-3-16(18)19-13-10-8-12(9-11-13)14-6-4-5-7-15(14)17-2/h4-11,17H,3H2,1-2H3. The van der Waals surface area contributed by atoms with E-state index in [0.717, 1.165) is 16.8 Å². The second-order valence-electron chi connectivity index (χ2n) is 4.15. The van der Waals surface area contributed by atoms with Crippen LogP contribution >= 0.6 is 0 Å². The first kappa shape index (κ1) is 13.1. The Labute approximate surface area is 113 Å². The van der Waals surface area contributed by atoms with Gasteiger partial charge in [0.05, 0.1) is 0 Å². The molecule has 0 fully saturated rings. The first-order valence-corrected chi connectivity index (χ1v) is 6.32. The Kier molecular flexibility index (Phi) is 4.18. The number of nitrogens with one attached hydrogen (secondary N) is 1. The topological polar surface area (TPSA) is 38.3 Å². The zero-order valence-corrected chi connectivity index (χ0v) is 11.1. The molecule has 0 aliphatic rings. The third-order valence-corrected chi connectivity index (χ3v) is 2.88. The highest BCUT2D eigenvalue weighted by molar-refractivity contribution is 5.78. The van der Waals surface area contributed by atoms with Crippen LogP contribution in [-0.2, 0) is 4.79 Å². The van der Waals surface area contributed by atoms with Crippen molar-refractivity contribution < 1.29 is 9.53 Å². The van der Waals surface area contributed by atoms with E-state index in [1.807, 2.05) is 49.5 Å². The molecule has 2 aromatic rings. The van der Waals surface area contributed by atoms with Gasteiger partial charge in [-0.25, -0.2) is 0 Å². The third kappa shape index (κ3) is 3.13. The van der Waals surface area contributed by atoms with E-state index in [4.69, 9.17) is 4.74 Å². The molecule has 3 heteroatoms. The summed E-state index contributed by atoms with van der Waals surface area (Å²) < 4.78 is 5.16. The largest absolute Gasteiger partial charge is 0.427 e. The number of benzene rings is 2. The molecule has 0 radical (unpaired) electrons. The Hall–Kier alpha value is -2.29. The Bertz CT molecular complexity index is 561. The number of hydrogen-bond acceptors (Lipinski definition) is 3. The number of rotatable bonds is 4. The molecule has 0 atom stereocenters. The molecule has 0 aliphatic heterocycles. The first-order chi connectivity index (χ1) is 9.24. The molecule has 0 spiro atoms. The van der Waals surface area contributed by atoms with Crippen molar-refractivity contribution in [1.82, 2.24) is 0 Å². The van der Waals surface area contributed by atoms with E-state index in [1.54, 1.807) is 6.92 Å². The SMILES string of the molecule is CCC(=O)Oc1ccc(-c2ccccc2NC)cc1. The summed E-state index contributed by atoms with van der Waals surface area (Å²) in [6, 6.07) is 15.6. The summed E-state index contributed by atoms with van der Waals surface area (Å²) in [5.41, 5.74) is 3.28. The predicted molar refractivity (Wildman–Crippen MR) is 77.4 cm³/mol. The highest BCUT2D eigenvalue weighted by atomic mass is 16.5. The molecule has 2 rings (SSSR count). The van der Waals surface area contributed by atoms with E-state index in [9.17, 15) is 4.79 Å². The van der Waals surface area contributed by atoms with Crippen molar-refractivity contribution in [3.8, 4) is 16.9 Å². The maximum Gasteiger partial charge on any atom is 0.310 e. The summed E-state index contributed by atoms with van der Waals surface area (Å²) in [5, 5.41) is 3.16. The third-order valence-electron chi connectivity index (χ3n) is 2.88. The zero-order valence-electron chi connectivity index (χ0n) is 11.1. The normalized spacial score (nSPS) is 10.0. The molecule has 0 aromatic heterocycles. The fourth-order valence-corrected chi connectivity index (χ4v) is 1.86. The van der Waals surface area contributed by atoms with E-state index < -0.39 is 0 Å². The fourth-order valence-electron chi connectivity index (χ4n) is 1.86. The molecule has 2 aromatic carbocycles. The van der Waals surface area contributed by atoms with Crippen molar-refractivity contribution in [1.29, 1.82) is 0 Å². The second-order valence-corrected chi connectivity index (χ2v) is 4.15. The zero-order chi connectivity index (χ0) is 13.7. The number of ether oxygens (including phenoxy) is 1. The van der Waals surface area contributed by atoms with Crippen LogP contribution in [0.5, 0.6) is 5.75 Å². The molecular weight excluding hydrogens is 238 g/mol. The number of para-hydroxylation sites is 1. The summed E-state index contributed by atoms with van der Waals surface area (Å²) in [4.78, 5) is 11.2. The molecule has 0 bridgehead atoms. The number of carbonyl (C=O) groups excluding carboxylic acids is 1. The van der Waals surface area contributed by atoms with Crippen LogP contribution < -0.4 is 10.1 Å². The van der Waals surface area contributed by atoms with Crippen LogP contribution in [0.15, 0.2) is 48.5 Å². The van der Waals surface area contributed by atoms with Gasteiger partial charge < -0.3 is 10.1 Å². The molecule has 0 amide bonds. The van der Waals surface area contributed by atoms with Crippen molar-refractivity contribution >= 4 is 11.7 Å². The van der Waals surface area contributed by atoms with E-state index in [1.165, 1.54) is 0 Å². The lowest BCUT2D eigenvalue weighted by Crippen LogP contribution is -2.05. The van der Waals surface area contributed by atoms with Crippen molar-refractivity contribution in [3.05, 3.63) is 48.5 Å². The van der Waals surface area contributed by atoms with Gasteiger partial charge in [-0.3, -0.25) is 4.79 Å². The Morgan fingerprint density at radius 2 is 1.79 bits per heavy atom. The molecule has 98 valence electrons. The lowest BCUT2D eigenvalue weighted by molar-refractivity contribution is -0.134. The lowest BCUT2D eigenvalue weighted by Gasteiger charge is -2.09. The molecule has 0 aliphatic carbocycles. The van der Waals surface area contributed by atoms with Crippen LogP contribution in [0.1, 0.15) is 13.3 Å². The van der Waals surface area contributed by atoms with Gasteiger partial charge >= 0.3 is 5.97 Å². The number of hydrogen-bond donors (Lipinski definition) is 1. The summed E-state index contributed by atoms with van der Waals surface area (Å²) in [5.74, 6) is 0.362. The van der Waals surface area contributed by atoms with Gasteiger partial charge in [0, 0.05) is 24.7 Å². The maximum absolute atomic E-state index is 11.2. The minimum absolute atomic E-state index is 0.219. The molecule has 1 N–H and O–H groups in total. The minimum Gasteiger partial charge on any atom is -0.427 e. The summed E-state index contributed by atoms with van der Waals surface area (Å²) in [7, 11) is 1.90. The summed E-state index contributed by atoms with van der Waals surface area (Å²) in [6.07, 6.45) is 0.379. The van der Waals surface area contributed by atoms with Crippen molar-refractivity contribution in [2.75, 3.05) is 12.4 Å². The van der Waals surface area contributed by atoms with Crippen molar-refractivity contribution in [3.63, 3.8) is 0 Å². The first-order valence-electron chi connectivity index (χ1n) is 6.32. The number of anilines is 1. The predicted octanol–water partition coefficient (Wildman–Crippen LogP) is 3.71. The summed E-state index contributed by atoms with van der Waals surface area (Å²) >= 11 is 0. The average molecular weight is 255 g/mol. The maximum atomic E-state index is 11.2. The summed E-state index contributed by atoms with van der Waals surface area (Å²) in [6.45, 7) is 1.78. The molecule has 0 heterocycles. The van der Waals surface area contributed by atoms with Gasteiger partial charge in [-0.05, 0) is 23.8 Å². The molecule has 3 nitrogen and oxygen atoms in total. The van der Waals surface area contributed by atoms with Crippen LogP contribution in [0.2, 0.25) is 0 Å². The smallest absolute Gasteiger partial charge is 0.310 e. The molecule has 0 unspecified atom stereocenters. The quantitative estimate of drug-likeness (QED) is 0.668. The molecular formula is C16H17NO2. The second kappa shape index (κ2) is 6.05. The number of esters is 1. The highest BCUT2D eigenvalue weighted by Gasteiger charge is 2.05. The van der Waals surface area contributed by atoms with E-state index >= 15 is 0 Å². The van der Waals surface area contributed by atoms with Gasteiger partial charge in [-0.1, -0.05) is 37.3 Å². The Balaban J connectivity index is 2.25. The van der Waals surface area contributed by atoms with Gasteiger partial charge in [0.15, 0.2) is 0 Å². The van der Waals surface area contributed by atoms with Gasteiger partial charge in [0.25, 0.3) is 0 Å². The van der Waals surface area contributed by atoms with Gasteiger partial charge in [-0.15, -0.1) is 0 Å². The minimum atomic E-state index is -0.219. The van der Waals surface area contributed by atoms with E-state index in [2.05, 4.69) is 11.4 Å². The van der Waals surface area contributed by atoms with Crippen LogP contribution in [0.4, 0.5) is 5.69 Å². The Morgan fingerprint density at radius 3 is 2.42 bits per heavy atom. The van der Waals surface area contributed by atoms with Gasteiger partial charge in [0.2, 0.25) is 0 Å². The van der Waals surface area contributed by atoms with Crippen molar-refractivity contribution in [2.45, 2.75) is 13.3 Å². The molecule has 0 saturated carbocycles.